The van der Waals surface area contributed by atoms with Gasteiger partial charge in [-0.05, 0) is 30.5 Å². The number of hydrogen-bond donors (Lipinski definition) is 1. The third kappa shape index (κ3) is 4.75. The highest BCUT2D eigenvalue weighted by Crippen LogP contribution is 2.22. The predicted molar refractivity (Wildman–Crippen MR) is 82.0 cm³/mol. The Morgan fingerprint density at radius 2 is 2.11 bits per heavy atom. The van der Waals surface area contributed by atoms with Gasteiger partial charge in [0.25, 0.3) is 5.91 Å². The molecule has 1 rings (SSSR count). The minimum Gasteiger partial charge on any atom is -0.384 e. The van der Waals surface area contributed by atoms with Crippen LogP contribution in [0.15, 0.2) is 18.2 Å². The summed E-state index contributed by atoms with van der Waals surface area (Å²) in [7, 11) is 1.83. The van der Waals surface area contributed by atoms with Crippen LogP contribution >= 0.6 is 11.6 Å². The lowest BCUT2D eigenvalue weighted by molar-refractivity contribution is 0.0780. The highest BCUT2D eigenvalue weighted by Gasteiger charge is 2.17. The normalized spacial score (nSPS) is 10.6. The SMILES string of the molecule is CCCNc1ccc(Cl)cc1C(=O)N(C)CC(C)C. The van der Waals surface area contributed by atoms with Crippen LogP contribution in [-0.4, -0.2) is 30.9 Å². The maximum absolute atomic E-state index is 12.4. The molecule has 0 saturated carbocycles. The maximum atomic E-state index is 12.4. The zero-order valence-electron chi connectivity index (χ0n) is 12.2. The van der Waals surface area contributed by atoms with Gasteiger partial charge >= 0.3 is 0 Å². The first kappa shape index (κ1) is 15.8. The van der Waals surface area contributed by atoms with Gasteiger partial charge < -0.3 is 10.2 Å². The van der Waals surface area contributed by atoms with E-state index >= 15 is 0 Å². The van der Waals surface area contributed by atoms with E-state index in [2.05, 4.69) is 26.1 Å². The second-order valence-electron chi connectivity index (χ2n) is 5.20. The molecule has 1 aromatic carbocycles. The van der Waals surface area contributed by atoms with Crippen molar-refractivity contribution in [2.75, 3.05) is 25.5 Å². The Bertz CT molecular complexity index is 432. The van der Waals surface area contributed by atoms with Gasteiger partial charge in [-0.1, -0.05) is 32.4 Å². The monoisotopic (exact) mass is 282 g/mol. The van der Waals surface area contributed by atoms with Gasteiger partial charge in [-0.15, -0.1) is 0 Å². The van der Waals surface area contributed by atoms with Gasteiger partial charge in [0, 0.05) is 30.8 Å². The molecule has 0 unspecified atom stereocenters. The summed E-state index contributed by atoms with van der Waals surface area (Å²) in [6.45, 7) is 7.86. The van der Waals surface area contributed by atoms with Crippen LogP contribution in [0.1, 0.15) is 37.6 Å². The number of hydrogen-bond acceptors (Lipinski definition) is 2. The fourth-order valence-electron chi connectivity index (χ4n) is 1.94. The van der Waals surface area contributed by atoms with Crippen molar-refractivity contribution in [2.24, 2.45) is 5.92 Å². The van der Waals surface area contributed by atoms with E-state index < -0.39 is 0 Å². The third-order valence-corrected chi connectivity index (χ3v) is 3.00. The fraction of sp³-hybridized carbons (Fsp3) is 0.533. The molecule has 19 heavy (non-hydrogen) atoms. The van der Waals surface area contributed by atoms with Gasteiger partial charge in [0.1, 0.15) is 0 Å². The quantitative estimate of drug-likeness (QED) is 0.858. The summed E-state index contributed by atoms with van der Waals surface area (Å²) in [5.74, 6) is 0.454. The average Bonchev–Trinajstić information content (AvgIpc) is 2.35. The maximum Gasteiger partial charge on any atom is 0.255 e. The van der Waals surface area contributed by atoms with E-state index in [0.717, 1.165) is 25.2 Å². The minimum absolute atomic E-state index is 0.00908. The summed E-state index contributed by atoms with van der Waals surface area (Å²) in [5.41, 5.74) is 1.50. The summed E-state index contributed by atoms with van der Waals surface area (Å²) in [5, 5.41) is 3.86. The van der Waals surface area contributed by atoms with Crippen molar-refractivity contribution in [3.63, 3.8) is 0 Å². The van der Waals surface area contributed by atoms with Gasteiger partial charge in [-0.25, -0.2) is 0 Å². The summed E-state index contributed by atoms with van der Waals surface area (Å²) in [4.78, 5) is 14.2. The smallest absolute Gasteiger partial charge is 0.255 e. The first-order valence-corrected chi connectivity index (χ1v) is 7.12. The van der Waals surface area contributed by atoms with Crippen molar-refractivity contribution in [1.82, 2.24) is 4.90 Å². The Balaban J connectivity index is 2.95. The second-order valence-corrected chi connectivity index (χ2v) is 5.63. The molecule has 0 bridgehead atoms. The van der Waals surface area contributed by atoms with Crippen LogP contribution in [-0.2, 0) is 0 Å². The molecule has 0 heterocycles. The molecule has 0 fully saturated rings. The first-order valence-electron chi connectivity index (χ1n) is 6.74. The van der Waals surface area contributed by atoms with Crippen LogP contribution in [0.4, 0.5) is 5.69 Å². The van der Waals surface area contributed by atoms with Gasteiger partial charge in [0.05, 0.1) is 5.56 Å². The molecule has 0 aliphatic carbocycles. The Labute approximate surface area is 120 Å². The molecule has 0 spiro atoms. The van der Waals surface area contributed by atoms with Gasteiger partial charge in [-0.2, -0.15) is 0 Å². The number of carbonyl (C=O) groups excluding carboxylic acids is 1. The molecule has 1 N–H and O–H groups in total. The summed E-state index contributed by atoms with van der Waals surface area (Å²) < 4.78 is 0. The number of anilines is 1. The average molecular weight is 283 g/mol. The van der Waals surface area contributed by atoms with Crippen LogP contribution in [0.5, 0.6) is 0 Å². The highest BCUT2D eigenvalue weighted by atomic mass is 35.5. The molecule has 0 atom stereocenters. The van der Waals surface area contributed by atoms with Gasteiger partial charge in [0.2, 0.25) is 0 Å². The summed E-state index contributed by atoms with van der Waals surface area (Å²) in [6, 6.07) is 5.41. The van der Waals surface area contributed by atoms with Crippen molar-refractivity contribution < 1.29 is 4.79 Å². The molecular formula is C15H23ClN2O. The van der Waals surface area contributed by atoms with E-state index in [1.54, 1.807) is 17.0 Å². The number of rotatable bonds is 6. The number of nitrogens with one attached hydrogen (secondary N) is 1. The Morgan fingerprint density at radius 1 is 1.42 bits per heavy atom. The Morgan fingerprint density at radius 3 is 2.68 bits per heavy atom. The van der Waals surface area contributed by atoms with E-state index in [4.69, 9.17) is 11.6 Å². The molecule has 4 heteroatoms. The number of carbonyl (C=O) groups is 1. The highest BCUT2D eigenvalue weighted by molar-refractivity contribution is 6.31. The minimum atomic E-state index is 0.00908. The van der Waals surface area contributed by atoms with Crippen LogP contribution in [0.2, 0.25) is 5.02 Å². The zero-order chi connectivity index (χ0) is 14.4. The van der Waals surface area contributed by atoms with Crippen molar-refractivity contribution in [3.05, 3.63) is 28.8 Å². The topological polar surface area (TPSA) is 32.3 Å². The lowest BCUT2D eigenvalue weighted by atomic mass is 10.1. The third-order valence-electron chi connectivity index (χ3n) is 2.76. The number of amides is 1. The number of nitrogens with zero attached hydrogens (tertiary/aromatic N) is 1. The molecule has 0 aliphatic rings. The molecular weight excluding hydrogens is 260 g/mol. The summed E-state index contributed by atoms with van der Waals surface area (Å²) in [6.07, 6.45) is 1.01. The summed E-state index contributed by atoms with van der Waals surface area (Å²) >= 11 is 6.01. The van der Waals surface area contributed by atoms with Crippen LogP contribution in [0.25, 0.3) is 0 Å². The predicted octanol–water partition coefficient (Wildman–Crippen LogP) is 3.89. The van der Waals surface area contributed by atoms with E-state index in [1.807, 2.05) is 13.1 Å². The van der Waals surface area contributed by atoms with Gasteiger partial charge in [-0.3, -0.25) is 4.79 Å². The van der Waals surface area contributed by atoms with E-state index in [-0.39, 0.29) is 5.91 Å². The largest absolute Gasteiger partial charge is 0.384 e. The standard InChI is InChI=1S/C15H23ClN2O/c1-5-8-17-14-7-6-12(16)9-13(14)15(19)18(4)10-11(2)3/h6-7,9,11,17H,5,8,10H2,1-4H3. The first-order chi connectivity index (χ1) is 8.95. The Hall–Kier alpha value is -1.22. The number of benzene rings is 1. The molecule has 1 aromatic rings. The van der Waals surface area contributed by atoms with Crippen molar-refractivity contribution in [1.29, 1.82) is 0 Å². The Kier molecular flexibility index (Phi) is 6.16. The lowest BCUT2D eigenvalue weighted by Gasteiger charge is -2.21. The lowest BCUT2D eigenvalue weighted by Crippen LogP contribution is -2.30. The zero-order valence-corrected chi connectivity index (χ0v) is 12.9. The van der Waals surface area contributed by atoms with Crippen LogP contribution in [0, 0.1) is 5.92 Å². The van der Waals surface area contributed by atoms with Crippen LogP contribution in [0.3, 0.4) is 0 Å². The van der Waals surface area contributed by atoms with Crippen molar-refractivity contribution in [2.45, 2.75) is 27.2 Å². The second kappa shape index (κ2) is 7.39. The number of halogens is 1. The van der Waals surface area contributed by atoms with Crippen LogP contribution < -0.4 is 5.32 Å². The molecule has 1 amide bonds. The molecule has 0 aliphatic heterocycles. The molecule has 0 aromatic heterocycles. The van der Waals surface area contributed by atoms with E-state index in [0.29, 0.717) is 16.5 Å². The fourth-order valence-corrected chi connectivity index (χ4v) is 2.12. The van der Waals surface area contributed by atoms with E-state index in [1.165, 1.54) is 0 Å². The molecule has 3 nitrogen and oxygen atoms in total. The van der Waals surface area contributed by atoms with Crippen molar-refractivity contribution in [3.8, 4) is 0 Å². The van der Waals surface area contributed by atoms with Crippen molar-refractivity contribution >= 4 is 23.2 Å². The molecule has 106 valence electrons. The van der Waals surface area contributed by atoms with E-state index in [9.17, 15) is 4.79 Å². The molecule has 0 saturated heterocycles. The van der Waals surface area contributed by atoms with Gasteiger partial charge in [0.15, 0.2) is 0 Å². The molecule has 0 radical (unpaired) electrons.